The summed E-state index contributed by atoms with van der Waals surface area (Å²) in [5, 5.41) is 3.77. The number of hydrogen-bond acceptors (Lipinski definition) is 4. The smallest absolute Gasteiger partial charge is 0.257 e. The van der Waals surface area contributed by atoms with E-state index in [-0.39, 0.29) is 18.1 Å². The largest absolute Gasteiger partial charge is 0.493 e. The highest BCUT2D eigenvalue weighted by Crippen LogP contribution is 2.25. The summed E-state index contributed by atoms with van der Waals surface area (Å²) in [6, 6.07) is 13.1. The van der Waals surface area contributed by atoms with Crippen molar-refractivity contribution in [3.05, 3.63) is 69.5 Å². The number of nitrogens with one attached hydrogen (secondary N) is 2. The minimum absolute atomic E-state index is 0.118. The SMILES string of the molecule is COc1ccccc1OCC(=O)NCCc1cc2ccc(C)c(C)c2[nH]c1=O. The molecule has 146 valence electrons. The van der Waals surface area contributed by atoms with Crippen molar-refractivity contribution in [3.63, 3.8) is 0 Å². The van der Waals surface area contributed by atoms with Crippen LogP contribution in [-0.4, -0.2) is 31.2 Å². The van der Waals surface area contributed by atoms with Crippen molar-refractivity contribution >= 4 is 16.8 Å². The number of hydrogen-bond donors (Lipinski definition) is 2. The first-order valence-corrected chi connectivity index (χ1v) is 9.14. The maximum Gasteiger partial charge on any atom is 0.257 e. The first kappa shape index (κ1) is 19.5. The van der Waals surface area contributed by atoms with E-state index in [1.54, 1.807) is 19.2 Å². The molecule has 0 fully saturated rings. The fraction of sp³-hybridized carbons (Fsp3) is 0.273. The van der Waals surface area contributed by atoms with Crippen LogP contribution in [0.2, 0.25) is 0 Å². The van der Waals surface area contributed by atoms with E-state index >= 15 is 0 Å². The van der Waals surface area contributed by atoms with Gasteiger partial charge in [-0.05, 0) is 55.0 Å². The van der Waals surface area contributed by atoms with Gasteiger partial charge in [0.1, 0.15) is 0 Å². The molecule has 0 saturated carbocycles. The number of benzene rings is 2. The third kappa shape index (κ3) is 4.34. The number of methoxy groups -OCH3 is 1. The number of aromatic nitrogens is 1. The van der Waals surface area contributed by atoms with Gasteiger partial charge in [0.25, 0.3) is 11.5 Å². The van der Waals surface area contributed by atoms with Crippen molar-refractivity contribution in [3.8, 4) is 11.5 Å². The molecule has 1 amide bonds. The standard InChI is InChI=1S/C22H24N2O4/c1-14-8-9-16-12-17(22(26)24-21(16)15(14)2)10-11-23-20(25)13-28-19-7-5-4-6-18(19)27-3/h4-9,12H,10-11,13H2,1-3H3,(H,23,25)(H,24,26). The van der Waals surface area contributed by atoms with Gasteiger partial charge in [0.2, 0.25) is 0 Å². The molecular weight excluding hydrogens is 356 g/mol. The van der Waals surface area contributed by atoms with Crippen LogP contribution in [0.4, 0.5) is 0 Å². The lowest BCUT2D eigenvalue weighted by Gasteiger charge is -2.11. The molecule has 2 N–H and O–H groups in total. The lowest BCUT2D eigenvalue weighted by molar-refractivity contribution is -0.123. The van der Waals surface area contributed by atoms with Crippen LogP contribution in [0, 0.1) is 13.8 Å². The third-order valence-corrected chi connectivity index (χ3v) is 4.77. The number of aryl methyl sites for hydroxylation is 2. The van der Waals surface area contributed by atoms with E-state index in [0.717, 1.165) is 22.0 Å². The Morgan fingerprint density at radius 1 is 1.11 bits per heavy atom. The number of amides is 1. The summed E-state index contributed by atoms with van der Waals surface area (Å²) in [5.74, 6) is 0.829. The van der Waals surface area contributed by atoms with Gasteiger partial charge in [-0.15, -0.1) is 0 Å². The molecule has 1 heterocycles. The highest BCUT2D eigenvalue weighted by Gasteiger charge is 2.09. The van der Waals surface area contributed by atoms with Crippen molar-refractivity contribution in [2.75, 3.05) is 20.3 Å². The Bertz CT molecular complexity index is 1060. The molecule has 0 atom stereocenters. The van der Waals surface area contributed by atoms with Crippen LogP contribution in [0.5, 0.6) is 11.5 Å². The van der Waals surface area contributed by atoms with Crippen LogP contribution < -0.4 is 20.3 Å². The van der Waals surface area contributed by atoms with Crippen molar-refractivity contribution in [2.45, 2.75) is 20.3 Å². The van der Waals surface area contributed by atoms with Crippen LogP contribution in [-0.2, 0) is 11.2 Å². The number of pyridine rings is 1. The molecule has 1 aromatic heterocycles. The topological polar surface area (TPSA) is 80.4 Å². The molecular formula is C22H24N2O4. The third-order valence-electron chi connectivity index (χ3n) is 4.77. The average Bonchev–Trinajstić information content (AvgIpc) is 2.70. The summed E-state index contributed by atoms with van der Waals surface area (Å²) in [5.41, 5.74) is 3.59. The number of ether oxygens (including phenoxy) is 2. The summed E-state index contributed by atoms with van der Waals surface area (Å²) >= 11 is 0. The van der Waals surface area contributed by atoms with E-state index in [4.69, 9.17) is 9.47 Å². The molecule has 6 nitrogen and oxygen atoms in total. The van der Waals surface area contributed by atoms with Crippen molar-refractivity contribution in [2.24, 2.45) is 0 Å². The van der Waals surface area contributed by atoms with Crippen LogP contribution in [0.25, 0.3) is 10.9 Å². The summed E-state index contributed by atoms with van der Waals surface area (Å²) in [4.78, 5) is 27.3. The average molecular weight is 380 g/mol. The fourth-order valence-electron chi connectivity index (χ4n) is 3.02. The second kappa shape index (κ2) is 8.61. The number of H-pyrrole nitrogens is 1. The molecule has 0 aliphatic heterocycles. The van der Waals surface area contributed by atoms with Crippen molar-refractivity contribution < 1.29 is 14.3 Å². The molecule has 28 heavy (non-hydrogen) atoms. The molecule has 0 radical (unpaired) electrons. The summed E-state index contributed by atoms with van der Waals surface area (Å²) in [6.07, 6.45) is 0.443. The molecule has 0 saturated heterocycles. The highest BCUT2D eigenvalue weighted by atomic mass is 16.5. The van der Waals surface area contributed by atoms with Gasteiger partial charge < -0.3 is 19.8 Å². The number of carbonyl (C=O) groups is 1. The van der Waals surface area contributed by atoms with E-state index in [1.807, 2.05) is 44.2 Å². The quantitative estimate of drug-likeness (QED) is 0.660. The summed E-state index contributed by atoms with van der Waals surface area (Å²) in [6.45, 7) is 4.25. The molecule has 0 bridgehead atoms. The second-order valence-electron chi connectivity index (χ2n) is 6.63. The van der Waals surface area contributed by atoms with Gasteiger partial charge in [0, 0.05) is 12.1 Å². The maximum atomic E-state index is 12.3. The first-order valence-electron chi connectivity index (χ1n) is 9.14. The van der Waals surface area contributed by atoms with Gasteiger partial charge in [-0.25, -0.2) is 0 Å². The Balaban J connectivity index is 1.57. The lowest BCUT2D eigenvalue weighted by Crippen LogP contribution is -2.31. The Hall–Kier alpha value is -3.28. The van der Waals surface area contributed by atoms with Crippen LogP contribution in [0.15, 0.2) is 47.3 Å². The summed E-state index contributed by atoms with van der Waals surface area (Å²) in [7, 11) is 1.55. The number of aromatic amines is 1. The Labute approximate surface area is 163 Å². The Morgan fingerprint density at radius 3 is 2.61 bits per heavy atom. The predicted octanol–water partition coefficient (Wildman–Crippen LogP) is 2.89. The van der Waals surface area contributed by atoms with E-state index in [9.17, 15) is 9.59 Å². The lowest BCUT2D eigenvalue weighted by atomic mass is 10.0. The summed E-state index contributed by atoms with van der Waals surface area (Å²) < 4.78 is 10.7. The minimum atomic E-state index is -0.255. The number of fused-ring (bicyclic) bond motifs is 1. The fourth-order valence-corrected chi connectivity index (χ4v) is 3.02. The highest BCUT2D eigenvalue weighted by molar-refractivity contribution is 5.83. The number of carbonyl (C=O) groups excluding carboxylic acids is 1. The first-order chi connectivity index (χ1) is 13.5. The monoisotopic (exact) mass is 380 g/mol. The molecule has 0 unspecified atom stereocenters. The van der Waals surface area contributed by atoms with E-state index in [1.165, 1.54) is 0 Å². The number of rotatable bonds is 7. The molecule has 2 aromatic carbocycles. The zero-order valence-corrected chi connectivity index (χ0v) is 16.3. The Kier molecular flexibility index (Phi) is 5.99. The van der Waals surface area contributed by atoms with Crippen LogP contribution in [0.1, 0.15) is 16.7 Å². The van der Waals surface area contributed by atoms with Gasteiger partial charge in [-0.1, -0.05) is 24.3 Å². The van der Waals surface area contributed by atoms with Gasteiger partial charge in [0.05, 0.1) is 12.6 Å². The molecule has 6 heteroatoms. The normalized spacial score (nSPS) is 10.7. The van der Waals surface area contributed by atoms with Gasteiger partial charge in [0.15, 0.2) is 18.1 Å². The second-order valence-corrected chi connectivity index (χ2v) is 6.63. The van der Waals surface area contributed by atoms with Crippen LogP contribution >= 0.6 is 0 Å². The van der Waals surface area contributed by atoms with E-state index in [2.05, 4.69) is 10.3 Å². The molecule has 0 spiro atoms. The van der Waals surface area contributed by atoms with Crippen molar-refractivity contribution in [1.29, 1.82) is 0 Å². The molecule has 3 aromatic rings. The van der Waals surface area contributed by atoms with E-state index in [0.29, 0.717) is 30.0 Å². The zero-order chi connectivity index (χ0) is 20.1. The molecule has 0 aliphatic carbocycles. The molecule has 0 aliphatic rings. The predicted molar refractivity (Wildman–Crippen MR) is 109 cm³/mol. The van der Waals surface area contributed by atoms with Crippen LogP contribution in [0.3, 0.4) is 0 Å². The van der Waals surface area contributed by atoms with Crippen molar-refractivity contribution in [1.82, 2.24) is 10.3 Å². The minimum Gasteiger partial charge on any atom is -0.493 e. The Morgan fingerprint density at radius 2 is 1.86 bits per heavy atom. The van der Waals surface area contributed by atoms with Gasteiger partial charge in [-0.2, -0.15) is 0 Å². The zero-order valence-electron chi connectivity index (χ0n) is 16.3. The van der Waals surface area contributed by atoms with Gasteiger partial charge in [-0.3, -0.25) is 9.59 Å². The van der Waals surface area contributed by atoms with E-state index < -0.39 is 0 Å². The maximum absolute atomic E-state index is 12.3. The van der Waals surface area contributed by atoms with Gasteiger partial charge >= 0.3 is 0 Å². The molecule has 3 rings (SSSR count). The number of para-hydroxylation sites is 2.